The smallest absolute Gasteiger partial charge is 0.326 e. The van der Waals surface area contributed by atoms with Crippen molar-refractivity contribution in [3.05, 3.63) is 35.9 Å². The molecule has 1 aliphatic rings. The summed E-state index contributed by atoms with van der Waals surface area (Å²) in [6, 6.07) is 3.55. The van der Waals surface area contributed by atoms with Gasteiger partial charge in [-0.3, -0.25) is 4.68 Å². The Labute approximate surface area is 217 Å². The lowest BCUT2D eigenvalue weighted by atomic mass is 10.1. The summed E-state index contributed by atoms with van der Waals surface area (Å²) in [5, 5.41) is 20.7. The van der Waals surface area contributed by atoms with Gasteiger partial charge < -0.3 is 25.4 Å². The average Bonchev–Trinajstić information content (AvgIpc) is 3.29. The summed E-state index contributed by atoms with van der Waals surface area (Å²) >= 11 is 0. The van der Waals surface area contributed by atoms with E-state index >= 15 is 0 Å². The van der Waals surface area contributed by atoms with Crippen LogP contribution in [0.2, 0.25) is 0 Å². The fourth-order valence-corrected chi connectivity index (χ4v) is 4.67. The van der Waals surface area contributed by atoms with E-state index in [-0.39, 0.29) is 6.10 Å². The van der Waals surface area contributed by atoms with Gasteiger partial charge in [-0.15, -0.1) is 0 Å². The maximum atomic E-state index is 12.1. The monoisotopic (exact) mass is 510 g/mol. The Kier molecular flexibility index (Phi) is 9.24. The Balaban J connectivity index is 1.31. The minimum absolute atomic E-state index is 0.0552. The molecular formula is C26H38N8O3. The highest BCUT2D eigenvalue weighted by Crippen LogP contribution is 2.21. The van der Waals surface area contributed by atoms with Crippen LogP contribution in [0.25, 0.3) is 11.0 Å². The van der Waals surface area contributed by atoms with Crippen LogP contribution in [0.15, 0.2) is 24.7 Å². The second-order valence-electron chi connectivity index (χ2n) is 9.73. The van der Waals surface area contributed by atoms with Gasteiger partial charge >= 0.3 is 5.97 Å². The number of carbonyl (C=O) groups is 1. The van der Waals surface area contributed by atoms with Gasteiger partial charge in [0.2, 0.25) is 0 Å². The van der Waals surface area contributed by atoms with Crippen molar-refractivity contribution in [2.45, 2.75) is 57.6 Å². The van der Waals surface area contributed by atoms with Crippen LogP contribution in [-0.4, -0.2) is 86.1 Å². The van der Waals surface area contributed by atoms with E-state index in [4.69, 9.17) is 9.72 Å². The summed E-state index contributed by atoms with van der Waals surface area (Å²) < 4.78 is 7.13. The maximum absolute atomic E-state index is 12.1. The van der Waals surface area contributed by atoms with Gasteiger partial charge in [-0.05, 0) is 63.6 Å². The van der Waals surface area contributed by atoms with Crippen molar-refractivity contribution in [2.24, 2.45) is 7.05 Å². The molecule has 0 aliphatic carbocycles. The number of unbranched alkanes of at least 4 members (excludes halogenated alkanes) is 1. The summed E-state index contributed by atoms with van der Waals surface area (Å²) in [6.07, 6.45) is 8.87. The van der Waals surface area contributed by atoms with Gasteiger partial charge in [-0.1, -0.05) is 6.07 Å². The van der Waals surface area contributed by atoms with Gasteiger partial charge in [0, 0.05) is 39.5 Å². The van der Waals surface area contributed by atoms with Gasteiger partial charge in [-0.2, -0.15) is 5.10 Å². The zero-order chi connectivity index (χ0) is 26.2. The predicted octanol–water partition coefficient (Wildman–Crippen LogP) is 2.73. The number of hydrogen-bond acceptors (Lipinski definition) is 9. The number of aliphatic carboxylic acids is 1. The number of fused-ring (bicyclic) bond motifs is 2. The van der Waals surface area contributed by atoms with Gasteiger partial charge in [0.25, 0.3) is 0 Å². The molecule has 0 aromatic carbocycles. The molecule has 1 aliphatic heterocycles. The number of anilines is 2. The van der Waals surface area contributed by atoms with Crippen LogP contribution in [0.5, 0.6) is 0 Å². The molecule has 3 aromatic rings. The van der Waals surface area contributed by atoms with Gasteiger partial charge in [-0.25, -0.2) is 19.7 Å². The van der Waals surface area contributed by atoms with Crippen molar-refractivity contribution in [3.63, 3.8) is 0 Å². The molecule has 0 spiro atoms. The van der Waals surface area contributed by atoms with Crippen molar-refractivity contribution in [1.82, 2.24) is 29.6 Å². The van der Waals surface area contributed by atoms with Crippen LogP contribution in [0, 0.1) is 0 Å². The summed E-state index contributed by atoms with van der Waals surface area (Å²) in [4.78, 5) is 27.6. The first kappa shape index (κ1) is 26.7. The zero-order valence-electron chi connectivity index (χ0n) is 22.0. The van der Waals surface area contributed by atoms with E-state index in [1.807, 2.05) is 6.92 Å². The zero-order valence-corrected chi connectivity index (χ0v) is 22.0. The molecule has 0 bridgehead atoms. The molecule has 11 nitrogen and oxygen atoms in total. The molecule has 11 heteroatoms. The topological polar surface area (TPSA) is 130 Å². The van der Waals surface area contributed by atoms with Gasteiger partial charge in [0.1, 0.15) is 23.7 Å². The Bertz CT molecular complexity index is 1180. The van der Waals surface area contributed by atoms with Crippen molar-refractivity contribution < 1.29 is 14.6 Å². The Morgan fingerprint density at radius 3 is 2.97 bits per heavy atom. The van der Waals surface area contributed by atoms with E-state index in [1.165, 1.54) is 11.9 Å². The molecule has 0 fully saturated rings. The molecule has 2 unspecified atom stereocenters. The van der Waals surface area contributed by atoms with Gasteiger partial charge in [0.05, 0.1) is 12.3 Å². The number of ether oxygens (including phenoxy) is 1. The van der Waals surface area contributed by atoms with Crippen LogP contribution >= 0.6 is 0 Å². The average molecular weight is 511 g/mol. The highest BCUT2D eigenvalue weighted by Gasteiger charge is 2.22. The minimum Gasteiger partial charge on any atom is -0.480 e. The number of hydrogen-bond donors (Lipinski definition) is 3. The second-order valence-corrected chi connectivity index (χ2v) is 9.73. The lowest BCUT2D eigenvalue weighted by Gasteiger charge is -2.26. The van der Waals surface area contributed by atoms with Crippen LogP contribution in [0.1, 0.15) is 43.9 Å². The standard InChI is InChI=1S/C26H38N8O3/c1-18(37-3)15-34(13-5-4-8-20-10-9-19-7-6-12-27-24(19)30-20)14-11-21(26(35)36)31-25-23-22(28-17-29-25)16-33(2)32-23/h9-10,16-18,21H,4-8,11-15H2,1-3H3,(H,27,30)(H,35,36)(H,28,29,31). The van der Waals surface area contributed by atoms with E-state index in [1.54, 1.807) is 25.0 Å². The summed E-state index contributed by atoms with van der Waals surface area (Å²) in [7, 11) is 3.50. The normalized spacial score (nSPS) is 14.8. The molecule has 200 valence electrons. The highest BCUT2D eigenvalue weighted by molar-refractivity contribution is 5.87. The minimum atomic E-state index is -0.922. The molecule has 0 amide bonds. The lowest BCUT2D eigenvalue weighted by Crippen LogP contribution is -2.38. The maximum Gasteiger partial charge on any atom is 0.326 e. The predicted molar refractivity (Wildman–Crippen MR) is 143 cm³/mol. The number of nitrogens with one attached hydrogen (secondary N) is 2. The quantitative estimate of drug-likeness (QED) is 0.278. The van der Waals surface area contributed by atoms with Crippen molar-refractivity contribution in [2.75, 3.05) is 43.9 Å². The number of methoxy groups -OCH3 is 1. The Morgan fingerprint density at radius 2 is 2.16 bits per heavy atom. The number of aromatic nitrogens is 5. The first-order valence-corrected chi connectivity index (χ1v) is 13.0. The number of carboxylic acids is 1. The third-order valence-corrected chi connectivity index (χ3v) is 6.79. The highest BCUT2D eigenvalue weighted by atomic mass is 16.5. The van der Waals surface area contributed by atoms with Crippen LogP contribution in [0.3, 0.4) is 0 Å². The van der Waals surface area contributed by atoms with E-state index in [9.17, 15) is 9.90 Å². The third-order valence-electron chi connectivity index (χ3n) is 6.79. The number of pyridine rings is 1. The van der Waals surface area contributed by atoms with Crippen molar-refractivity contribution in [1.29, 1.82) is 0 Å². The van der Waals surface area contributed by atoms with E-state index in [0.717, 1.165) is 63.3 Å². The van der Waals surface area contributed by atoms with E-state index < -0.39 is 12.0 Å². The molecule has 37 heavy (non-hydrogen) atoms. The Morgan fingerprint density at radius 1 is 1.30 bits per heavy atom. The molecule has 3 aromatic heterocycles. The number of nitrogens with zero attached hydrogens (tertiary/aromatic N) is 6. The SMILES string of the molecule is COC(C)CN(CCCCc1ccc2c(n1)NCCC2)CCC(Nc1ncnc2cn(C)nc12)C(=O)O. The molecule has 3 N–H and O–H groups in total. The Hall–Kier alpha value is -3.31. The molecule has 4 rings (SSSR count). The lowest BCUT2D eigenvalue weighted by molar-refractivity contribution is -0.138. The number of rotatable bonds is 14. The van der Waals surface area contributed by atoms with Crippen molar-refractivity contribution >= 4 is 28.6 Å². The fourth-order valence-electron chi connectivity index (χ4n) is 4.67. The molecule has 4 heterocycles. The number of carboxylic acid groups (broad SMARTS) is 1. The molecule has 2 atom stereocenters. The summed E-state index contributed by atoms with van der Waals surface area (Å²) in [5.41, 5.74) is 3.66. The fraction of sp³-hybridized carbons (Fsp3) is 0.577. The largest absolute Gasteiger partial charge is 0.480 e. The van der Waals surface area contributed by atoms with Crippen LogP contribution < -0.4 is 10.6 Å². The summed E-state index contributed by atoms with van der Waals surface area (Å²) in [6.45, 7) is 5.24. The molecule has 0 saturated carbocycles. The second kappa shape index (κ2) is 12.8. The van der Waals surface area contributed by atoms with Crippen LogP contribution in [-0.2, 0) is 29.4 Å². The third kappa shape index (κ3) is 7.36. The van der Waals surface area contributed by atoms with Crippen LogP contribution in [0.4, 0.5) is 11.6 Å². The van der Waals surface area contributed by atoms with E-state index in [0.29, 0.717) is 29.8 Å². The van der Waals surface area contributed by atoms with Gasteiger partial charge in [0.15, 0.2) is 11.3 Å². The first-order chi connectivity index (χ1) is 17.9. The first-order valence-electron chi connectivity index (χ1n) is 13.0. The summed E-state index contributed by atoms with van der Waals surface area (Å²) in [5.74, 6) is 0.551. The van der Waals surface area contributed by atoms with E-state index in [2.05, 4.69) is 42.7 Å². The molecule has 0 saturated heterocycles. The van der Waals surface area contributed by atoms with Crippen molar-refractivity contribution in [3.8, 4) is 0 Å². The molecule has 0 radical (unpaired) electrons. The molecular weight excluding hydrogens is 472 g/mol. The number of aryl methyl sites for hydroxylation is 3.